The lowest BCUT2D eigenvalue weighted by molar-refractivity contribution is -0.0514. The number of methoxy groups -OCH3 is 2. The van der Waals surface area contributed by atoms with Crippen molar-refractivity contribution in [3.63, 3.8) is 0 Å². The van der Waals surface area contributed by atoms with Crippen LogP contribution in [-0.4, -0.2) is 38.4 Å². The van der Waals surface area contributed by atoms with E-state index in [-0.39, 0.29) is 0 Å². The van der Waals surface area contributed by atoms with Gasteiger partial charge in [-0.2, -0.15) is 0 Å². The van der Waals surface area contributed by atoms with Gasteiger partial charge in [0.05, 0.1) is 25.3 Å². The molecule has 1 aliphatic rings. The van der Waals surface area contributed by atoms with Crippen LogP contribution in [0.25, 0.3) is 0 Å². The van der Waals surface area contributed by atoms with Crippen molar-refractivity contribution in [2.75, 3.05) is 14.2 Å². The van der Waals surface area contributed by atoms with E-state index < -0.39 is 24.1 Å². The Morgan fingerprint density at radius 1 is 0.568 bits per heavy atom. The number of hydrogen-bond acceptors (Lipinski definition) is 8. The molecule has 1 saturated carbocycles. The molecule has 0 aliphatic heterocycles. The van der Waals surface area contributed by atoms with Gasteiger partial charge in [-0.15, -0.1) is 0 Å². The van der Waals surface area contributed by atoms with Gasteiger partial charge in [-0.05, 0) is 73.2 Å². The Morgan fingerprint density at radius 3 is 1.36 bits per heavy atom. The van der Waals surface area contributed by atoms with Gasteiger partial charge in [0.25, 0.3) is 0 Å². The fraction of sp³-hybridized carbons (Fsp3) is 0.278. The van der Waals surface area contributed by atoms with E-state index in [0.29, 0.717) is 60.2 Å². The second kappa shape index (κ2) is 15.0. The summed E-state index contributed by atoms with van der Waals surface area (Å²) in [5, 5.41) is 0. The molecule has 0 heterocycles. The van der Waals surface area contributed by atoms with Gasteiger partial charge >= 0.3 is 11.9 Å². The minimum absolute atomic E-state index is 0.320. The van der Waals surface area contributed by atoms with Crippen LogP contribution in [0, 0.1) is 0 Å². The summed E-state index contributed by atoms with van der Waals surface area (Å²) >= 11 is 0. The molecule has 0 saturated heterocycles. The van der Waals surface area contributed by atoms with Crippen molar-refractivity contribution in [3.05, 3.63) is 119 Å². The van der Waals surface area contributed by atoms with Crippen LogP contribution in [-0.2, 0) is 22.7 Å². The fourth-order valence-electron chi connectivity index (χ4n) is 5.04. The molecule has 0 N–H and O–H groups in total. The SMILES string of the molecule is COc1cc(C(=O)OC2CCCC[C@@H]2OC(=O)c2ccc(OCc3ccccc3)c(OC)c2)ccc1OCc1ccccc1. The first kappa shape index (κ1) is 30.5. The van der Waals surface area contributed by atoms with E-state index in [9.17, 15) is 9.59 Å². The minimum Gasteiger partial charge on any atom is -0.493 e. The van der Waals surface area contributed by atoms with Gasteiger partial charge in [0.1, 0.15) is 25.4 Å². The van der Waals surface area contributed by atoms with Crippen molar-refractivity contribution >= 4 is 11.9 Å². The number of ether oxygens (including phenoxy) is 6. The third kappa shape index (κ3) is 7.89. The Morgan fingerprint density at radius 2 is 0.977 bits per heavy atom. The second-order valence-electron chi connectivity index (χ2n) is 10.5. The van der Waals surface area contributed by atoms with Crippen LogP contribution in [0.2, 0.25) is 0 Å². The third-order valence-electron chi connectivity index (χ3n) is 7.43. The molecule has 1 aliphatic carbocycles. The molecule has 0 spiro atoms. The molecule has 4 aromatic carbocycles. The van der Waals surface area contributed by atoms with Gasteiger partial charge in [-0.1, -0.05) is 60.7 Å². The highest BCUT2D eigenvalue weighted by molar-refractivity contribution is 5.91. The standard InChI is InChI=1S/C36H36O8/c1-39-33-21-27(17-19-29(33)41-23-25-11-5-3-6-12-25)35(37)43-31-15-9-10-16-32(31)44-36(38)28-18-20-30(34(22-28)40-2)42-24-26-13-7-4-8-14-26/h3-8,11-14,17-22,31-32H,9-10,15-16,23-24H2,1-2H3/t31-,32?/m0/s1. The zero-order chi connectivity index (χ0) is 30.7. The summed E-state index contributed by atoms with van der Waals surface area (Å²) in [6, 6.07) is 29.4. The van der Waals surface area contributed by atoms with Crippen LogP contribution in [0.15, 0.2) is 97.1 Å². The molecule has 2 atom stereocenters. The molecule has 4 aromatic rings. The molecule has 0 radical (unpaired) electrons. The Hall–Kier alpha value is -4.98. The monoisotopic (exact) mass is 596 g/mol. The van der Waals surface area contributed by atoms with Crippen molar-refractivity contribution < 1.29 is 38.0 Å². The maximum atomic E-state index is 13.2. The number of carbonyl (C=O) groups excluding carboxylic acids is 2. The summed E-state index contributed by atoms with van der Waals surface area (Å²) < 4.78 is 34.5. The van der Waals surface area contributed by atoms with Crippen molar-refractivity contribution in [1.29, 1.82) is 0 Å². The van der Waals surface area contributed by atoms with Gasteiger partial charge < -0.3 is 28.4 Å². The topological polar surface area (TPSA) is 89.5 Å². The number of rotatable bonds is 12. The summed E-state index contributed by atoms with van der Waals surface area (Å²) in [5.41, 5.74) is 2.67. The highest BCUT2D eigenvalue weighted by Crippen LogP contribution is 2.32. The van der Waals surface area contributed by atoms with E-state index in [1.165, 1.54) is 14.2 Å². The van der Waals surface area contributed by atoms with E-state index in [1.54, 1.807) is 36.4 Å². The molecule has 0 bridgehead atoms. The Labute approximate surface area is 257 Å². The quantitative estimate of drug-likeness (QED) is 0.159. The molecule has 44 heavy (non-hydrogen) atoms. The molecule has 5 rings (SSSR count). The first-order chi connectivity index (χ1) is 21.5. The van der Waals surface area contributed by atoms with Gasteiger partial charge in [0, 0.05) is 0 Å². The minimum atomic E-state index is -0.574. The summed E-state index contributed by atoms with van der Waals surface area (Å²) in [5.74, 6) is 0.841. The Bertz CT molecular complexity index is 1420. The lowest BCUT2D eigenvalue weighted by Gasteiger charge is -2.30. The van der Waals surface area contributed by atoms with E-state index in [0.717, 1.165) is 24.0 Å². The zero-order valence-electron chi connectivity index (χ0n) is 24.9. The van der Waals surface area contributed by atoms with Gasteiger partial charge in [0.2, 0.25) is 0 Å². The Balaban J connectivity index is 1.20. The molecule has 0 amide bonds. The Kier molecular flexibility index (Phi) is 10.4. The maximum absolute atomic E-state index is 13.2. The summed E-state index contributed by atoms with van der Waals surface area (Å²) in [6.45, 7) is 0.733. The van der Waals surface area contributed by atoms with Crippen molar-refractivity contribution in [2.24, 2.45) is 0 Å². The molecule has 1 fully saturated rings. The number of benzene rings is 4. The highest BCUT2D eigenvalue weighted by Gasteiger charge is 2.32. The van der Waals surface area contributed by atoms with Crippen LogP contribution in [0.1, 0.15) is 57.5 Å². The van der Waals surface area contributed by atoms with E-state index in [1.807, 2.05) is 60.7 Å². The largest absolute Gasteiger partial charge is 0.493 e. The normalized spacial score (nSPS) is 16.0. The molecule has 0 aromatic heterocycles. The first-order valence-electron chi connectivity index (χ1n) is 14.7. The third-order valence-corrected chi connectivity index (χ3v) is 7.43. The van der Waals surface area contributed by atoms with Crippen molar-refractivity contribution in [3.8, 4) is 23.0 Å². The van der Waals surface area contributed by atoms with Gasteiger partial charge in [0.15, 0.2) is 23.0 Å². The number of hydrogen-bond donors (Lipinski definition) is 0. The van der Waals surface area contributed by atoms with E-state index >= 15 is 0 Å². The van der Waals surface area contributed by atoms with Gasteiger partial charge in [-0.25, -0.2) is 9.59 Å². The average molecular weight is 597 g/mol. The summed E-state index contributed by atoms with van der Waals surface area (Å²) in [6.07, 6.45) is 1.76. The van der Waals surface area contributed by atoms with E-state index in [4.69, 9.17) is 28.4 Å². The van der Waals surface area contributed by atoms with Crippen molar-refractivity contribution in [1.82, 2.24) is 0 Å². The van der Waals surface area contributed by atoms with E-state index in [2.05, 4.69) is 0 Å². The highest BCUT2D eigenvalue weighted by atomic mass is 16.6. The fourth-order valence-corrected chi connectivity index (χ4v) is 5.04. The molecule has 228 valence electrons. The van der Waals surface area contributed by atoms with Gasteiger partial charge in [-0.3, -0.25) is 0 Å². The zero-order valence-corrected chi connectivity index (χ0v) is 24.9. The van der Waals surface area contributed by atoms with Crippen LogP contribution in [0.3, 0.4) is 0 Å². The van der Waals surface area contributed by atoms with Crippen molar-refractivity contribution in [2.45, 2.75) is 51.1 Å². The molecular formula is C36H36O8. The smallest absolute Gasteiger partial charge is 0.338 e. The first-order valence-corrected chi connectivity index (χ1v) is 14.7. The number of carbonyl (C=O) groups is 2. The molecule has 8 nitrogen and oxygen atoms in total. The number of esters is 2. The molecular weight excluding hydrogens is 560 g/mol. The van der Waals surface area contributed by atoms with Crippen LogP contribution < -0.4 is 18.9 Å². The predicted molar refractivity (Wildman–Crippen MR) is 164 cm³/mol. The molecule has 8 heteroatoms. The summed E-state index contributed by atoms with van der Waals surface area (Å²) in [7, 11) is 3.04. The second-order valence-corrected chi connectivity index (χ2v) is 10.5. The van der Waals surface area contributed by atoms with Crippen LogP contribution >= 0.6 is 0 Å². The summed E-state index contributed by atoms with van der Waals surface area (Å²) in [4.78, 5) is 26.3. The van der Waals surface area contributed by atoms with Crippen LogP contribution in [0.4, 0.5) is 0 Å². The lowest BCUT2D eigenvalue weighted by atomic mass is 9.94. The van der Waals surface area contributed by atoms with Crippen LogP contribution in [0.5, 0.6) is 23.0 Å². The molecule has 1 unspecified atom stereocenters. The lowest BCUT2D eigenvalue weighted by Crippen LogP contribution is -2.37. The maximum Gasteiger partial charge on any atom is 0.338 e. The predicted octanol–water partition coefficient (Wildman–Crippen LogP) is 7.19. The average Bonchev–Trinajstić information content (AvgIpc) is 3.08.